The number of nitrogens with two attached hydrogens (primary N) is 1. The monoisotopic (exact) mass is 299 g/mol. The van der Waals surface area contributed by atoms with Crippen LogP contribution in [0.5, 0.6) is 11.6 Å². The third-order valence-electron chi connectivity index (χ3n) is 3.25. The van der Waals surface area contributed by atoms with Gasteiger partial charge in [-0.15, -0.1) is 0 Å². The zero-order chi connectivity index (χ0) is 15.0. The maximum Gasteiger partial charge on any atom is 0.230 e. The van der Waals surface area contributed by atoms with E-state index in [0.717, 1.165) is 27.1 Å². The molecule has 0 spiro atoms. The maximum atomic E-state index is 6.17. The predicted octanol–water partition coefficient (Wildman–Crippen LogP) is 4.27. The number of anilines is 1. The fourth-order valence-corrected chi connectivity index (χ4v) is 2.32. The third-order valence-corrected chi connectivity index (χ3v) is 3.84. The predicted molar refractivity (Wildman–Crippen MR) is 85.0 cm³/mol. The molecule has 21 heavy (non-hydrogen) atoms. The van der Waals surface area contributed by atoms with Crippen LogP contribution in [-0.4, -0.2) is 9.97 Å². The van der Waals surface area contributed by atoms with Crippen LogP contribution in [0, 0.1) is 13.8 Å². The molecule has 106 valence electrons. The Balaban J connectivity index is 2.06. The highest BCUT2D eigenvalue weighted by Gasteiger charge is 2.09. The molecule has 1 heterocycles. The average molecular weight is 300 g/mol. The number of benzene rings is 2. The van der Waals surface area contributed by atoms with Gasteiger partial charge in [-0.05, 0) is 55.3 Å². The fourth-order valence-electron chi connectivity index (χ4n) is 2.21. The Kier molecular flexibility index (Phi) is 3.39. The summed E-state index contributed by atoms with van der Waals surface area (Å²) in [6, 6.07) is 9.23. The van der Waals surface area contributed by atoms with Gasteiger partial charge in [-0.2, -0.15) is 0 Å². The van der Waals surface area contributed by atoms with Crippen LogP contribution in [0.1, 0.15) is 11.1 Å². The van der Waals surface area contributed by atoms with Crippen molar-refractivity contribution in [3.05, 3.63) is 52.8 Å². The van der Waals surface area contributed by atoms with Gasteiger partial charge in [0.05, 0.1) is 10.9 Å². The molecule has 0 aliphatic heterocycles. The topological polar surface area (TPSA) is 61.0 Å². The summed E-state index contributed by atoms with van der Waals surface area (Å²) in [6.45, 7) is 3.89. The second kappa shape index (κ2) is 5.22. The summed E-state index contributed by atoms with van der Waals surface area (Å²) < 4.78 is 5.90. The number of ether oxygens (including phenoxy) is 1. The number of fused-ring (bicyclic) bond motifs is 1. The van der Waals surface area contributed by atoms with E-state index in [2.05, 4.69) is 9.97 Å². The highest BCUT2D eigenvalue weighted by atomic mass is 35.5. The Labute approximate surface area is 127 Å². The standard InChI is InChI=1S/C16H14ClN3O/c1-9-5-12(6-10(2)15(9)17)21-16-13-4-3-11(18)7-14(13)19-8-20-16/h3-8H,18H2,1-2H3. The van der Waals surface area contributed by atoms with Gasteiger partial charge in [-0.25, -0.2) is 9.97 Å². The van der Waals surface area contributed by atoms with Crippen molar-refractivity contribution in [2.24, 2.45) is 0 Å². The van der Waals surface area contributed by atoms with Gasteiger partial charge in [0.25, 0.3) is 0 Å². The zero-order valence-corrected chi connectivity index (χ0v) is 12.5. The first-order valence-electron chi connectivity index (χ1n) is 6.49. The molecule has 3 rings (SSSR count). The number of halogens is 1. The molecule has 5 heteroatoms. The van der Waals surface area contributed by atoms with Crippen LogP contribution in [0.3, 0.4) is 0 Å². The van der Waals surface area contributed by atoms with Gasteiger partial charge in [-0.3, -0.25) is 0 Å². The summed E-state index contributed by atoms with van der Waals surface area (Å²) in [5, 5.41) is 1.57. The van der Waals surface area contributed by atoms with Crippen molar-refractivity contribution in [1.82, 2.24) is 9.97 Å². The molecule has 0 amide bonds. The molecule has 0 aliphatic carbocycles. The summed E-state index contributed by atoms with van der Waals surface area (Å²) in [5.74, 6) is 1.20. The number of aromatic nitrogens is 2. The third kappa shape index (κ3) is 2.62. The van der Waals surface area contributed by atoms with E-state index in [4.69, 9.17) is 22.1 Å². The van der Waals surface area contributed by atoms with Crippen LogP contribution in [0.4, 0.5) is 5.69 Å². The van der Waals surface area contributed by atoms with Crippen LogP contribution in [0.2, 0.25) is 5.02 Å². The number of nitrogen functional groups attached to an aromatic ring is 1. The number of hydrogen-bond donors (Lipinski definition) is 1. The number of rotatable bonds is 2. The lowest BCUT2D eigenvalue weighted by Gasteiger charge is -2.10. The molecule has 0 fully saturated rings. The van der Waals surface area contributed by atoms with Crippen molar-refractivity contribution in [2.75, 3.05) is 5.73 Å². The molecule has 0 atom stereocenters. The lowest BCUT2D eigenvalue weighted by Crippen LogP contribution is -1.94. The summed E-state index contributed by atoms with van der Waals surface area (Å²) in [5.41, 5.74) is 9.11. The summed E-state index contributed by atoms with van der Waals surface area (Å²) >= 11 is 6.17. The van der Waals surface area contributed by atoms with Crippen molar-refractivity contribution in [1.29, 1.82) is 0 Å². The molecule has 4 nitrogen and oxygen atoms in total. The van der Waals surface area contributed by atoms with Gasteiger partial charge in [0, 0.05) is 10.7 Å². The van der Waals surface area contributed by atoms with Crippen molar-refractivity contribution >= 4 is 28.2 Å². The summed E-state index contributed by atoms with van der Waals surface area (Å²) in [7, 11) is 0. The minimum absolute atomic E-state index is 0.501. The normalized spacial score (nSPS) is 10.8. The number of aryl methyl sites for hydroxylation is 2. The van der Waals surface area contributed by atoms with Crippen molar-refractivity contribution in [3.8, 4) is 11.6 Å². The Morgan fingerprint density at radius 1 is 1.05 bits per heavy atom. The van der Waals surface area contributed by atoms with E-state index in [1.54, 1.807) is 12.1 Å². The van der Waals surface area contributed by atoms with Crippen molar-refractivity contribution < 1.29 is 4.74 Å². The smallest absolute Gasteiger partial charge is 0.230 e. The van der Waals surface area contributed by atoms with Crippen molar-refractivity contribution in [3.63, 3.8) is 0 Å². The molecule has 2 N–H and O–H groups in total. The second-order valence-electron chi connectivity index (χ2n) is 4.93. The highest BCUT2D eigenvalue weighted by Crippen LogP contribution is 2.31. The Bertz CT molecular complexity index is 810. The minimum atomic E-state index is 0.501. The lowest BCUT2D eigenvalue weighted by atomic mass is 10.1. The molecule has 0 saturated heterocycles. The van der Waals surface area contributed by atoms with Crippen LogP contribution in [-0.2, 0) is 0 Å². The van der Waals surface area contributed by atoms with Crippen LogP contribution in [0.15, 0.2) is 36.7 Å². The number of nitrogens with zero attached hydrogens (tertiary/aromatic N) is 2. The molecular weight excluding hydrogens is 286 g/mol. The van der Waals surface area contributed by atoms with E-state index in [0.29, 0.717) is 17.3 Å². The van der Waals surface area contributed by atoms with E-state index in [9.17, 15) is 0 Å². The Morgan fingerprint density at radius 3 is 2.48 bits per heavy atom. The molecular formula is C16H14ClN3O. The largest absolute Gasteiger partial charge is 0.438 e. The number of hydrogen-bond acceptors (Lipinski definition) is 4. The molecule has 0 saturated carbocycles. The van der Waals surface area contributed by atoms with Crippen molar-refractivity contribution in [2.45, 2.75) is 13.8 Å². The first-order valence-corrected chi connectivity index (χ1v) is 6.87. The van der Waals surface area contributed by atoms with Gasteiger partial charge in [0.15, 0.2) is 0 Å². The first-order chi connectivity index (χ1) is 10.0. The van der Waals surface area contributed by atoms with Crippen LogP contribution in [0.25, 0.3) is 10.9 Å². The zero-order valence-electron chi connectivity index (χ0n) is 11.7. The molecule has 3 aromatic rings. The SMILES string of the molecule is Cc1cc(Oc2ncnc3cc(N)ccc23)cc(C)c1Cl. The average Bonchev–Trinajstić information content (AvgIpc) is 2.44. The van der Waals surface area contributed by atoms with Gasteiger partial charge >= 0.3 is 0 Å². The molecule has 0 bridgehead atoms. The van der Waals surface area contributed by atoms with E-state index in [1.807, 2.05) is 32.0 Å². The molecule has 0 aliphatic rings. The van der Waals surface area contributed by atoms with E-state index >= 15 is 0 Å². The fraction of sp³-hybridized carbons (Fsp3) is 0.125. The molecule has 0 radical (unpaired) electrons. The highest BCUT2D eigenvalue weighted by molar-refractivity contribution is 6.32. The van der Waals surface area contributed by atoms with E-state index in [1.165, 1.54) is 6.33 Å². The van der Waals surface area contributed by atoms with Gasteiger partial charge < -0.3 is 10.5 Å². The van der Waals surface area contributed by atoms with E-state index in [-0.39, 0.29) is 0 Å². The second-order valence-corrected chi connectivity index (χ2v) is 5.31. The van der Waals surface area contributed by atoms with Crippen LogP contribution < -0.4 is 10.5 Å². The summed E-state index contributed by atoms with van der Waals surface area (Å²) in [6.07, 6.45) is 1.47. The minimum Gasteiger partial charge on any atom is -0.438 e. The van der Waals surface area contributed by atoms with Gasteiger partial charge in [-0.1, -0.05) is 11.6 Å². The molecule has 2 aromatic carbocycles. The Morgan fingerprint density at radius 2 is 1.76 bits per heavy atom. The first kappa shape index (κ1) is 13.6. The van der Waals surface area contributed by atoms with Gasteiger partial charge in [0.2, 0.25) is 5.88 Å². The van der Waals surface area contributed by atoms with E-state index < -0.39 is 0 Å². The quantitative estimate of drug-likeness (QED) is 0.718. The van der Waals surface area contributed by atoms with Gasteiger partial charge in [0.1, 0.15) is 12.1 Å². The lowest BCUT2D eigenvalue weighted by molar-refractivity contribution is 0.467. The maximum absolute atomic E-state index is 6.17. The molecule has 1 aromatic heterocycles. The van der Waals surface area contributed by atoms with Crippen LogP contribution >= 0.6 is 11.6 Å². The summed E-state index contributed by atoms with van der Waals surface area (Å²) in [4.78, 5) is 8.41. The molecule has 0 unspecified atom stereocenters. The Hall–Kier alpha value is -2.33.